The van der Waals surface area contributed by atoms with Crippen LogP contribution in [-0.4, -0.2) is 206 Å². The van der Waals surface area contributed by atoms with Crippen LogP contribution in [0.5, 0.6) is 0 Å². The van der Waals surface area contributed by atoms with Crippen molar-refractivity contribution in [2.75, 3.05) is 0 Å². The van der Waals surface area contributed by atoms with Crippen LogP contribution in [0, 0.1) is 0 Å². The van der Waals surface area contributed by atoms with Crippen LogP contribution in [0.25, 0.3) is 0 Å². The summed E-state index contributed by atoms with van der Waals surface area (Å²) in [6, 6.07) is 0. The molecule has 0 aliphatic heterocycles. The third-order valence-corrected chi connectivity index (χ3v) is 99.2. The van der Waals surface area contributed by atoms with Gasteiger partial charge >= 0.3 is 188 Å². The van der Waals surface area contributed by atoms with E-state index >= 15 is 0 Å². The highest BCUT2D eigenvalue weighted by Crippen LogP contribution is 2.36. The van der Waals surface area contributed by atoms with Gasteiger partial charge in [0.15, 0.2) is 9.04 Å². The minimum Gasteiger partial charge on any atom is -0.440 e. The molecule has 24 nitrogen and oxygen atoms in total. The third-order valence-electron chi connectivity index (χ3n) is 11.3. The van der Waals surface area contributed by atoms with Gasteiger partial charge in [0.2, 0.25) is 9.04 Å². The zero-order valence-electron chi connectivity index (χ0n) is 70.0. The zero-order chi connectivity index (χ0) is 77.1. The minimum atomic E-state index is -2.90. The summed E-state index contributed by atoms with van der Waals surface area (Å²) >= 11 is 0. The first-order valence-corrected chi connectivity index (χ1v) is 101. The first-order chi connectivity index (χ1) is 41.2. The molecule has 0 saturated heterocycles. The molecule has 0 rings (SSSR count). The molecule has 0 aromatic heterocycles. The SMILES string of the molecule is C[SiH](C)OO[Si](C)(C)O[Si](C)(C)O[Si](C)(C)O[Si](C)(C)O[Si](C)(C)O[Si](C)(C)O[Si](C)(C)O[Si](C)(C)O[Si](C)(C)O[Si](C)(C)O[Si](C)(C)O[Si](C)(C)O[Si](C)(C)O[Si](C)(C)O[Si](C)(C)O[Si](C)(C)O[Si](C)(C)O[Si](C)(C)O[Si](C)(C)O[Si](C)(C)O[Si](C)(C)O[Si](C)(C)O[SiH](C)C. The van der Waals surface area contributed by atoms with Crippen molar-refractivity contribution in [1.29, 1.82) is 0 Å². The second kappa shape index (κ2) is 34.7. The highest BCUT2D eigenvalue weighted by atomic mass is 28.6. The fourth-order valence-corrected chi connectivity index (χ4v) is 131. The summed E-state index contributed by atoms with van der Waals surface area (Å²) in [5.74, 6) is 0. The minimum absolute atomic E-state index is 1.28. The van der Waals surface area contributed by atoms with Crippen molar-refractivity contribution in [1.82, 2.24) is 0 Å². The average molecular weight is 1780 g/mol. The molecule has 0 aliphatic rings. The number of hydrogen-bond acceptors (Lipinski definition) is 24. The first-order valence-electron chi connectivity index (χ1n) is 33.9. The standard InChI is InChI=1S/C48H146O24Si24/c1-73(2)49-50-75(5,6)52-77(9,10)54-79(13,14)56-81(17,18)58-83(21,22)60-85(25,26)62-87(29,30)64-89(33,34)66-91(37,38)68-93(41,42)70-95(45,46)72-96(47,48)71-94(43,44)69-92(39,40)67-90(35,36)65-88(31,32)63-86(27,28)61-84(23,24)59-82(19,20)57-80(15,16)55-78(11,12)53-76(7,8)51-74(3)4/h73-74H,1-48H3. The van der Waals surface area contributed by atoms with Gasteiger partial charge in [-0.2, -0.15) is 0 Å². The summed E-state index contributed by atoms with van der Waals surface area (Å²) in [5, 5.41) is 0. The predicted molar refractivity (Wildman–Crippen MR) is 448 cm³/mol. The molecule has 0 aliphatic carbocycles. The molecule has 0 atom stereocenters. The highest BCUT2D eigenvalue weighted by Gasteiger charge is 2.56. The van der Waals surface area contributed by atoms with Gasteiger partial charge in [0.25, 0.3) is 0 Å². The van der Waals surface area contributed by atoms with E-state index in [4.69, 9.17) is 99.7 Å². The summed E-state index contributed by atoms with van der Waals surface area (Å²) in [4.78, 5) is 0. The molecule has 0 aromatic rings. The van der Waals surface area contributed by atoms with Crippen LogP contribution >= 0.6 is 0 Å². The number of hydrogen-bond donors (Lipinski definition) is 0. The molecule has 0 saturated carbocycles. The van der Waals surface area contributed by atoms with Gasteiger partial charge in [0.05, 0.1) is 0 Å². The highest BCUT2D eigenvalue weighted by molar-refractivity contribution is 6.97. The Labute approximate surface area is 615 Å². The van der Waals surface area contributed by atoms with Crippen molar-refractivity contribution >= 4 is 206 Å². The van der Waals surface area contributed by atoms with Crippen molar-refractivity contribution in [2.24, 2.45) is 0 Å². The van der Waals surface area contributed by atoms with Gasteiger partial charge < -0.3 is 90.5 Å². The topological polar surface area (TPSA) is 222 Å². The predicted octanol–water partition coefficient (Wildman–Crippen LogP) is 16.7. The lowest BCUT2D eigenvalue weighted by atomic mass is 11.9. The van der Waals surface area contributed by atoms with Crippen LogP contribution in [0.15, 0.2) is 0 Å². The maximum absolute atomic E-state index is 6.98. The van der Waals surface area contributed by atoms with E-state index in [0.717, 1.165) is 0 Å². The lowest BCUT2D eigenvalue weighted by molar-refractivity contribution is -0.132. The fourth-order valence-electron chi connectivity index (χ4n) is 13.7. The van der Waals surface area contributed by atoms with Crippen molar-refractivity contribution in [3.8, 4) is 0 Å². The van der Waals surface area contributed by atoms with Gasteiger partial charge in [-0.15, -0.1) is 0 Å². The summed E-state index contributed by atoms with van der Waals surface area (Å²) in [7, 11) is -64.1. The molecule has 0 fully saturated rings. The van der Waals surface area contributed by atoms with E-state index in [2.05, 4.69) is 249 Å². The summed E-state index contributed by atoms with van der Waals surface area (Å²) in [6.07, 6.45) is 0. The lowest BCUT2D eigenvalue weighted by Gasteiger charge is -2.45. The Hall–Kier alpha value is 4.25. The third kappa shape index (κ3) is 46.6. The van der Waals surface area contributed by atoms with E-state index in [9.17, 15) is 0 Å². The van der Waals surface area contributed by atoms with Gasteiger partial charge in [0.1, 0.15) is 0 Å². The molecule has 96 heavy (non-hydrogen) atoms. The van der Waals surface area contributed by atoms with Crippen LogP contribution in [0.2, 0.25) is 314 Å². The molecule has 578 valence electrons. The van der Waals surface area contributed by atoms with E-state index in [0.29, 0.717) is 0 Å². The molecule has 0 amide bonds. The molecule has 0 unspecified atom stereocenters. The molecule has 0 bridgehead atoms. The molecule has 0 N–H and O–H groups in total. The average Bonchev–Trinajstić information content (AvgIpc) is 0.816. The monoisotopic (exact) mass is 1780 g/mol. The van der Waals surface area contributed by atoms with Gasteiger partial charge in [0, 0.05) is 0 Å². The Bertz CT molecular complexity index is 2430. The maximum atomic E-state index is 6.98. The second-order valence-corrected chi connectivity index (χ2v) is 120. The molecular formula is C48H146O24Si24. The summed E-state index contributed by atoms with van der Waals surface area (Å²) < 4.78 is 162. The van der Waals surface area contributed by atoms with Gasteiger partial charge in [-0.3, -0.25) is 9.15 Å². The van der Waals surface area contributed by atoms with Crippen molar-refractivity contribution in [2.45, 2.75) is 314 Å². The van der Waals surface area contributed by atoms with Crippen molar-refractivity contribution in [3.63, 3.8) is 0 Å². The Morgan fingerprint density at radius 3 is 0.312 bits per heavy atom. The Balaban J connectivity index is 5.87. The number of rotatable bonds is 47. The molecule has 48 heteroatoms. The summed E-state index contributed by atoms with van der Waals surface area (Å²) in [5.41, 5.74) is 0. The van der Waals surface area contributed by atoms with E-state index in [-0.39, 0.29) is 0 Å². The smallest absolute Gasteiger partial charge is 0.358 e. The first kappa shape index (κ1) is 100. The van der Waals surface area contributed by atoms with Crippen LogP contribution < -0.4 is 0 Å². The molecule has 0 spiro atoms. The Morgan fingerprint density at radius 1 is 0.125 bits per heavy atom. The fraction of sp³-hybridized carbons (Fsp3) is 1.00. The maximum Gasteiger partial charge on any atom is 0.358 e. The normalized spacial score (nSPS) is 16.1. The Kier molecular flexibility index (Phi) is 36.2. The zero-order valence-corrected chi connectivity index (χ0v) is 94.3. The van der Waals surface area contributed by atoms with Crippen LogP contribution in [0.1, 0.15) is 0 Å². The van der Waals surface area contributed by atoms with Gasteiger partial charge in [-0.05, 0) is 314 Å². The van der Waals surface area contributed by atoms with Gasteiger partial charge in [-0.25, -0.2) is 0 Å². The largest absolute Gasteiger partial charge is 0.440 e. The molecular weight excluding hydrogens is 1630 g/mol. The van der Waals surface area contributed by atoms with E-state index in [1.54, 1.807) is 0 Å². The lowest BCUT2D eigenvalue weighted by Crippen LogP contribution is -2.63. The quantitative estimate of drug-likeness (QED) is 0.0314. The van der Waals surface area contributed by atoms with Crippen LogP contribution in [0.4, 0.5) is 0 Å². The summed E-state index contributed by atoms with van der Waals surface area (Å²) in [6.45, 7) is 98.8. The Morgan fingerprint density at radius 2 is 0.219 bits per heavy atom. The molecule has 0 heterocycles. The van der Waals surface area contributed by atoms with Gasteiger partial charge in [-0.1, -0.05) is 0 Å². The van der Waals surface area contributed by atoms with Crippen LogP contribution in [-0.2, 0) is 99.7 Å². The van der Waals surface area contributed by atoms with E-state index in [1.807, 2.05) is 65.5 Å². The van der Waals surface area contributed by atoms with Crippen molar-refractivity contribution in [3.05, 3.63) is 0 Å². The molecule has 0 aromatic carbocycles. The van der Waals surface area contributed by atoms with Crippen LogP contribution in [0.3, 0.4) is 0 Å². The van der Waals surface area contributed by atoms with Crippen molar-refractivity contribution < 1.29 is 99.7 Å². The molecule has 0 radical (unpaired) electrons. The second-order valence-electron chi connectivity index (χ2n) is 35.3. The van der Waals surface area contributed by atoms with E-state index < -0.39 is 206 Å². The van der Waals surface area contributed by atoms with E-state index in [1.165, 1.54) is 0 Å².